The van der Waals surface area contributed by atoms with E-state index in [1.807, 2.05) is 0 Å². The van der Waals surface area contributed by atoms with Crippen LogP contribution in [0.25, 0.3) is 0 Å². The van der Waals surface area contributed by atoms with Gasteiger partial charge in [-0.1, -0.05) is 0 Å². The maximum Gasteiger partial charge on any atom is 0.573 e. The second-order valence-corrected chi connectivity index (χ2v) is 4.99. The lowest BCUT2D eigenvalue weighted by molar-refractivity contribution is -0.274. The molecule has 110 valence electrons. The molecular weight excluding hydrogens is 351 g/mol. The Bertz CT molecular complexity index is 669. The Morgan fingerprint density at radius 2 is 1.62 bits per heavy atom. The molecule has 0 bridgehead atoms. The smallest absolute Gasteiger partial charge is 0.406 e. The van der Waals surface area contributed by atoms with Crippen LogP contribution in [0.3, 0.4) is 0 Å². The number of nitrogen functional groups attached to an aromatic ring is 1. The molecule has 21 heavy (non-hydrogen) atoms. The summed E-state index contributed by atoms with van der Waals surface area (Å²) in [6, 6.07) is 9.39. The highest BCUT2D eigenvalue weighted by Crippen LogP contribution is 2.25. The first-order valence-corrected chi connectivity index (χ1v) is 6.51. The number of ether oxygens (including phenoxy) is 1. The van der Waals surface area contributed by atoms with Gasteiger partial charge in [-0.3, -0.25) is 4.79 Å². The van der Waals surface area contributed by atoms with Crippen LogP contribution >= 0.6 is 15.9 Å². The second kappa shape index (κ2) is 5.77. The van der Waals surface area contributed by atoms with E-state index in [-0.39, 0.29) is 17.1 Å². The molecule has 7 heteroatoms. The Morgan fingerprint density at radius 3 is 2.14 bits per heavy atom. The summed E-state index contributed by atoms with van der Waals surface area (Å²) in [6.07, 6.45) is -4.76. The average Bonchev–Trinajstić information content (AvgIpc) is 2.40. The van der Waals surface area contributed by atoms with Gasteiger partial charge in [0.2, 0.25) is 0 Å². The molecule has 0 unspecified atom stereocenters. The largest absolute Gasteiger partial charge is 0.573 e. The van der Waals surface area contributed by atoms with Crippen molar-refractivity contribution < 1.29 is 22.7 Å². The summed E-state index contributed by atoms with van der Waals surface area (Å²) < 4.78 is 40.4. The molecule has 0 spiro atoms. The number of nitrogens with two attached hydrogens (primary N) is 1. The van der Waals surface area contributed by atoms with Crippen molar-refractivity contribution in [2.75, 3.05) is 5.73 Å². The molecule has 0 fully saturated rings. The van der Waals surface area contributed by atoms with Crippen molar-refractivity contribution >= 4 is 27.4 Å². The predicted molar refractivity (Wildman–Crippen MR) is 75.1 cm³/mol. The lowest BCUT2D eigenvalue weighted by atomic mass is 10.0. The quantitative estimate of drug-likeness (QED) is 0.661. The summed E-state index contributed by atoms with van der Waals surface area (Å²) in [6.45, 7) is 0. The number of carbonyl (C=O) groups is 1. The molecule has 0 amide bonds. The van der Waals surface area contributed by atoms with Crippen molar-refractivity contribution in [2.45, 2.75) is 6.36 Å². The minimum Gasteiger partial charge on any atom is -0.406 e. The van der Waals surface area contributed by atoms with E-state index in [4.69, 9.17) is 5.73 Å². The number of hydrogen-bond donors (Lipinski definition) is 1. The Hall–Kier alpha value is -2.02. The first-order chi connectivity index (χ1) is 9.76. The SMILES string of the molecule is Nc1ccc(C(=O)c2ccc(OC(F)(F)F)cc2)cc1Br. The van der Waals surface area contributed by atoms with Crippen molar-refractivity contribution in [3.8, 4) is 5.75 Å². The van der Waals surface area contributed by atoms with E-state index in [2.05, 4.69) is 20.7 Å². The Kier molecular flexibility index (Phi) is 4.22. The van der Waals surface area contributed by atoms with Gasteiger partial charge in [0, 0.05) is 21.3 Å². The van der Waals surface area contributed by atoms with Crippen molar-refractivity contribution in [3.05, 3.63) is 58.1 Å². The van der Waals surface area contributed by atoms with Crippen LogP contribution in [0, 0.1) is 0 Å². The van der Waals surface area contributed by atoms with Gasteiger partial charge in [-0.15, -0.1) is 13.2 Å². The van der Waals surface area contributed by atoms with Gasteiger partial charge in [0.1, 0.15) is 5.75 Å². The van der Waals surface area contributed by atoms with E-state index in [1.165, 1.54) is 12.1 Å². The number of carbonyl (C=O) groups excluding carboxylic acids is 1. The summed E-state index contributed by atoms with van der Waals surface area (Å²) in [4.78, 5) is 12.2. The zero-order valence-electron chi connectivity index (χ0n) is 10.4. The molecule has 0 aliphatic carbocycles. The number of hydrogen-bond acceptors (Lipinski definition) is 3. The van der Waals surface area contributed by atoms with Crippen LogP contribution < -0.4 is 10.5 Å². The number of rotatable bonds is 3. The third-order valence-corrected chi connectivity index (χ3v) is 3.30. The Morgan fingerprint density at radius 1 is 1.05 bits per heavy atom. The summed E-state index contributed by atoms with van der Waals surface area (Å²) in [5.74, 6) is -0.702. The lowest BCUT2D eigenvalue weighted by Gasteiger charge is -2.09. The average molecular weight is 360 g/mol. The predicted octanol–water partition coefficient (Wildman–Crippen LogP) is 4.16. The molecule has 0 saturated carbocycles. The molecule has 2 aromatic rings. The second-order valence-electron chi connectivity index (χ2n) is 4.14. The van der Waals surface area contributed by atoms with Crippen molar-refractivity contribution in [3.63, 3.8) is 0 Å². The fraction of sp³-hybridized carbons (Fsp3) is 0.0714. The third kappa shape index (κ3) is 3.98. The molecule has 0 saturated heterocycles. The lowest BCUT2D eigenvalue weighted by Crippen LogP contribution is -2.17. The van der Waals surface area contributed by atoms with Crippen LogP contribution in [0.2, 0.25) is 0 Å². The molecule has 0 radical (unpaired) electrons. The molecule has 0 aromatic heterocycles. The van der Waals surface area contributed by atoms with E-state index in [0.717, 1.165) is 12.1 Å². The van der Waals surface area contributed by atoms with Crippen LogP contribution in [0.5, 0.6) is 5.75 Å². The van der Waals surface area contributed by atoms with E-state index < -0.39 is 6.36 Å². The van der Waals surface area contributed by atoms with Crippen LogP contribution in [0.4, 0.5) is 18.9 Å². The zero-order valence-corrected chi connectivity index (χ0v) is 12.0. The fourth-order valence-electron chi connectivity index (χ4n) is 1.64. The maximum absolute atomic E-state index is 12.2. The fourth-order valence-corrected chi connectivity index (χ4v) is 2.02. The van der Waals surface area contributed by atoms with Crippen LogP contribution in [0.15, 0.2) is 46.9 Å². The maximum atomic E-state index is 12.2. The molecule has 0 atom stereocenters. The van der Waals surface area contributed by atoms with Crippen LogP contribution in [-0.2, 0) is 0 Å². The van der Waals surface area contributed by atoms with E-state index in [0.29, 0.717) is 15.7 Å². The normalized spacial score (nSPS) is 11.2. The van der Waals surface area contributed by atoms with Crippen molar-refractivity contribution in [2.24, 2.45) is 0 Å². The van der Waals surface area contributed by atoms with Gasteiger partial charge in [0.15, 0.2) is 5.78 Å². The highest BCUT2D eigenvalue weighted by atomic mass is 79.9. The van der Waals surface area contributed by atoms with Crippen molar-refractivity contribution in [1.82, 2.24) is 0 Å². The summed E-state index contributed by atoms with van der Waals surface area (Å²) in [5, 5.41) is 0. The van der Waals surface area contributed by atoms with E-state index in [1.54, 1.807) is 18.2 Å². The van der Waals surface area contributed by atoms with Gasteiger partial charge in [-0.2, -0.15) is 0 Å². The monoisotopic (exact) mass is 359 g/mol. The summed E-state index contributed by atoms with van der Waals surface area (Å²) in [7, 11) is 0. The molecular formula is C14H9BrF3NO2. The number of halogens is 4. The highest BCUT2D eigenvalue weighted by molar-refractivity contribution is 9.10. The van der Waals surface area contributed by atoms with Gasteiger partial charge in [0.25, 0.3) is 0 Å². The number of anilines is 1. The molecule has 2 aromatic carbocycles. The van der Waals surface area contributed by atoms with Crippen LogP contribution in [-0.4, -0.2) is 12.1 Å². The minimum absolute atomic E-state index is 0.251. The zero-order chi connectivity index (χ0) is 15.6. The molecule has 2 N–H and O–H groups in total. The molecule has 3 nitrogen and oxygen atoms in total. The standard InChI is InChI=1S/C14H9BrF3NO2/c15-11-7-9(3-6-12(11)19)13(20)8-1-4-10(5-2-8)21-14(16,17)18/h1-7H,19H2. The van der Waals surface area contributed by atoms with E-state index >= 15 is 0 Å². The van der Waals surface area contributed by atoms with Gasteiger partial charge in [0.05, 0.1) is 0 Å². The van der Waals surface area contributed by atoms with Gasteiger partial charge in [-0.05, 0) is 58.4 Å². The topological polar surface area (TPSA) is 52.3 Å². The Balaban J connectivity index is 2.22. The first kappa shape index (κ1) is 15.4. The van der Waals surface area contributed by atoms with Crippen LogP contribution in [0.1, 0.15) is 15.9 Å². The summed E-state index contributed by atoms with van der Waals surface area (Å²) >= 11 is 3.21. The molecule has 0 aliphatic heterocycles. The number of benzene rings is 2. The number of alkyl halides is 3. The summed E-state index contributed by atoms with van der Waals surface area (Å²) in [5.41, 5.74) is 6.74. The van der Waals surface area contributed by atoms with Gasteiger partial charge < -0.3 is 10.5 Å². The highest BCUT2D eigenvalue weighted by Gasteiger charge is 2.31. The van der Waals surface area contributed by atoms with E-state index in [9.17, 15) is 18.0 Å². The number of ketones is 1. The molecule has 0 aliphatic rings. The Labute approximate surface area is 126 Å². The molecule has 0 heterocycles. The van der Waals surface area contributed by atoms with Gasteiger partial charge in [-0.25, -0.2) is 0 Å². The van der Waals surface area contributed by atoms with Gasteiger partial charge >= 0.3 is 6.36 Å². The third-order valence-electron chi connectivity index (χ3n) is 2.61. The minimum atomic E-state index is -4.76. The van der Waals surface area contributed by atoms with Crippen molar-refractivity contribution in [1.29, 1.82) is 0 Å². The molecule has 2 rings (SSSR count). The first-order valence-electron chi connectivity index (χ1n) is 5.72.